The average molecular weight is 654 g/mol. The number of ketones is 1. The first-order valence-corrected chi connectivity index (χ1v) is 12.7. The van der Waals surface area contributed by atoms with E-state index in [-0.39, 0.29) is 17.2 Å². The smallest absolute Gasteiger partial charge is 0.260 e. The number of carbonyl (C=O) groups is 1. The summed E-state index contributed by atoms with van der Waals surface area (Å²) in [7, 11) is 1.44. The Morgan fingerprint density at radius 2 is 1.54 bits per heavy atom. The topological polar surface area (TPSA) is 173 Å². The van der Waals surface area contributed by atoms with Crippen molar-refractivity contribution >= 4 is 60.1 Å². The minimum atomic E-state index is -0.189. The Hall–Kier alpha value is -4.36. The van der Waals surface area contributed by atoms with Gasteiger partial charge in [0.25, 0.3) is 5.56 Å². The summed E-state index contributed by atoms with van der Waals surface area (Å²) in [5, 5.41) is 7.72. The van der Waals surface area contributed by atoms with Gasteiger partial charge in [0.2, 0.25) is 5.90 Å². The summed E-state index contributed by atoms with van der Waals surface area (Å²) in [6.07, 6.45) is 9.10. The van der Waals surface area contributed by atoms with Gasteiger partial charge < -0.3 is 15.5 Å². The number of benzene rings is 2. The maximum atomic E-state index is 12.0. The Morgan fingerprint density at radius 1 is 0.949 bits per heavy atom. The molecule has 0 saturated carbocycles. The number of carbonyl (C=O) groups excluding carboxylic acids is 1. The van der Waals surface area contributed by atoms with Crippen molar-refractivity contribution in [3.05, 3.63) is 104 Å². The molecule has 3 aromatic heterocycles. The van der Waals surface area contributed by atoms with E-state index in [4.69, 9.17) is 11.1 Å². The summed E-state index contributed by atoms with van der Waals surface area (Å²) >= 11 is 6.59. The lowest BCUT2D eigenvalue weighted by Gasteiger charge is -2.03. The molecule has 2 aromatic carbocycles. The molecule has 0 saturated heterocycles. The van der Waals surface area contributed by atoms with E-state index in [1.165, 1.54) is 39.1 Å². The van der Waals surface area contributed by atoms with Crippen molar-refractivity contribution < 1.29 is 9.53 Å². The van der Waals surface area contributed by atoms with Crippen molar-refractivity contribution in [2.24, 2.45) is 0 Å². The van der Waals surface area contributed by atoms with Gasteiger partial charge in [-0.3, -0.25) is 15.0 Å². The van der Waals surface area contributed by atoms with Crippen LogP contribution in [0, 0.1) is 5.41 Å². The number of H-pyrrole nitrogens is 1. The van der Waals surface area contributed by atoms with E-state index in [2.05, 4.69) is 66.5 Å². The van der Waals surface area contributed by atoms with Crippen LogP contribution in [0.15, 0.2) is 87.6 Å². The second-order valence-electron chi connectivity index (χ2n) is 7.60. The van der Waals surface area contributed by atoms with Crippen LogP contribution < -0.4 is 11.3 Å². The van der Waals surface area contributed by atoms with Crippen LogP contribution in [0.4, 0.5) is 5.69 Å². The molecule has 0 amide bonds. The summed E-state index contributed by atoms with van der Waals surface area (Å²) < 4.78 is 6.12. The molecule has 0 bridgehead atoms. The molecule has 0 fully saturated rings. The summed E-state index contributed by atoms with van der Waals surface area (Å²) in [4.78, 5) is 45.4. The van der Waals surface area contributed by atoms with Gasteiger partial charge in [0.1, 0.15) is 18.5 Å². The van der Waals surface area contributed by atoms with Crippen LogP contribution in [0.25, 0.3) is 22.3 Å². The highest BCUT2D eigenvalue weighted by Gasteiger charge is 2.09. The van der Waals surface area contributed by atoms with Crippen LogP contribution in [-0.2, 0) is 4.74 Å². The number of rotatable bonds is 3. The van der Waals surface area contributed by atoms with E-state index < -0.39 is 0 Å². The zero-order chi connectivity index (χ0) is 28.4. The predicted molar refractivity (Wildman–Crippen MR) is 156 cm³/mol. The lowest BCUT2D eigenvalue weighted by Crippen LogP contribution is -2.10. The molecule has 0 atom stereocenters. The van der Waals surface area contributed by atoms with Gasteiger partial charge in [0, 0.05) is 39.4 Å². The first kappa shape index (κ1) is 29.2. The third kappa shape index (κ3) is 7.82. The molecule has 0 aliphatic heterocycles. The Kier molecular flexibility index (Phi) is 10.5. The van der Waals surface area contributed by atoms with Crippen LogP contribution >= 0.6 is 31.9 Å². The lowest BCUT2D eigenvalue weighted by molar-refractivity contribution is 0.101. The number of halogens is 2. The monoisotopic (exact) mass is 652 g/mol. The van der Waals surface area contributed by atoms with Gasteiger partial charge in [-0.25, -0.2) is 24.9 Å². The molecule has 0 spiro atoms. The van der Waals surface area contributed by atoms with Crippen LogP contribution in [0.5, 0.6) is 0 Å². The van der Waals surface area contributed by atoms with Gasteiger partial charge in [-0.05, 0) is 63.0 Å². The largest absolute Gasteiger partial charge is 0.481 e. The Labute approximate surface area is 239 Å². The molecule has 198 valence electrons. The molecule has 39 heavy (non-hydrogen) atoms. The number of hydrogen-bond acceptors (Lipinski definition) is 10. The molecule has 3 heterocycles. The van der Waals surface area contributed by atoms with Crippen molar-refractivity contribution in [3.63, 3.8) is 0 Å². The Bertz CT molecular complexity index is 1630. The third-order valence-electron chi connectivity index (χ3n) is 4.94. The summed E-state index contributed by atoms with van der Waals surface area (Å²) in [5.74, 6) is 0.529. The maximum absolute atomic E-state index is 12.0. The summed E-state index contributed by atoms with van der Waals surface area (Å²) in [5.41, 5.74) is 8.36. The number of anilines is 1. The van der Waals surface area contributed by atoms with Crippen LogP contribution in [0.3, 0.4) is 0 Å². The molecule has 4 N–H and O–H groups in total. The van der Waals surface area contributed by atoms with Gasteiger partial charge in [0.05, 0.1) is 34.7 Å². The van der Waals surface area contributed by atoms with Gasteiger partial charge >= 0.3 is 0 Å². The normalized spacial score (nSPS) is 9.95. The van der Waals surface area contributed by atoms with Crippen molar-refractivity contribution in [1.29, 1.82) is 5.41 Å². The summed E-state index contributed by atoms with van der Waals surface area (Å²) in [6.45, 7) is 1.50. The van der Waals surface area contributed by atoms with E-state index in [0.717, 1.165) is 8.95 Å². The number of nitrogens with one attached hydrogen (secondary N) is 2. The second-order valence-corrected chi connectivity index (χ2v) is 9.30. The fourth-order valence-corrected chi connectivity index (χ4v) is 4.35. The molecule has 5 rings (SSSR count). The Morgan fingerprint density at radius 3 is 2.10 bits per heavy atom. The maximum Gasteiger partial charge on any atom is 0.260 e. The van der Waals surface area contributed by atoms with Crippen molar-refractivity contribution in [1.82, 2.24) is 29.9 Å². The number of nitrogen functional groups attached to an aromatic ring is 1. The molecule has 0 aliphatic rings. The first-order valence-electron chi connectivity index (χ1n) is 11.1. The fraction of sp³-hybridized carbons (Fsp3) is 0.0769. The Balaban J connectivity index is 0.000000173. The van der Waals surface area contributed by atoms with Crippen molar-refractivity contribution in [2.45, 2.75) is 6.92 Å². The third-order valence-corrected chi connectivity index (χ3v) is 6.26. The molecule has 11 nitrogen and oxygen atoms in total. The van der Waals surface area contributed by atoms with Gasteiger partial charge in [0.15, 0.2) is 5.78 Å². The van der Waals surface area contributed by atoms with Crippen LogP contribution in [0.2, 0.25) is 0 Å². The molecule has 5 aromatic rings. The highest BCUT2D eigenvalue weighted by atomic mass is 79.9. The van der Waals surface area contributed by atoms with E-state index >= 15 is 0 Å². The van der Waals surface area contributed by atoms with Crippen LogP contribution in [0.1, 0.15) is 22.8 Å². The minimum absolute atomic E-state index is 0.0185. The van der Waals surface area contributed by atoms with E-state index in [1.807, 2.05) is 12.1 Å². The number of methoxy groups -OCH3 is 1. The zero-order valence-electron chi connectivity index (χ0n) is 20.7. The highest BCUT2D eigenvalue weighted by molar-refractivity contribution is 9.11. The zero-order valence-corrected chi connectivity index (χ0v) is 23.9. The summed E-state index contributed by atoms with van der Waals surface area (Å²) in [6, 6.07) is 10.7. The SMILES string of the molecule is CC(=O)c1c(N)cccc1Br.COC(=N)c1cncnc1.O=c1[nH]c(-c2cncnc2)nc2cccc(Br)c12. The standard InChI is InChI=1S/C12H7BrN4O.C8H8BrNO.C6H7N3O/c13-8-2-1-3-9-10(8)12(18)17-11(16-9)7-4-14-6-15-5-7;1-5(11)8-6(9)3-2-4-7(8)10;1-10-6(7)5-2-8-4-9-3-5/h1-6H,(H,16,17,18);2-4H,10H2,1H3;2-4,7H,1H3. The predicted octanol–water partition coefficient (Wildman–Crippen LogP) is 4.82. The molecule has 0 aliphatic carbocycles. The van der Waals surface area contributed by atoms with Crippen LogP contribution in [-0.4, -0.2) is 48.7 Å². The molecule has 0 unspecified atom stereocenters. The van der Waals surface area contributed by atoms with Crippen molar-refractivity contribution in [3.8, 4) is 11.4 Å². The number of ether oxygens (including phenoxy) is 1. The van der Waals surface area contributed by atoms with Gasteiger partial charge in [-0.1, -0.05) is 12.1 Å². The average Bonchev–Trinajstić information content (AvgIpc) is 2.94. The first-order chi connectivity index (χ1) is 18.7. The number of fused-ring (bicyclic) bond motifs is 1. The van der Waals surface area contributed by atoms with Gasteiger partial charge in [-0.2, -0.15) is 0 Å². The minimum Gasteiger partial charge on any atom is -0.481 e. The van der Waals surface area contributed by atoms with E-state index in [9.17, 15) is 9.59 Å². The molecular weight excluding hydrogens is 632 g/mol. The number of aromatic amines is 1. The molecular formula is C26H22Br2N8O3. The number of Topliss-reactive ketones (excluding diaryl/α,β-unsaturated/α-hetero) is 1. The lowest BCUT2D eigenvalue weighted by atomic mass is 10.1. The quantitative estimate of drug-likeness (QED) is 0.107. The highest BCUT2D eigenvalue weighted by Crippen LogP contribution is 2.22. The molecule has 0 radical (unpaired) electrons. The van der Waals surface area contributed by atoms with Crippen molar-refractivity contribution in [2.75, 3.05) is 12.8 Å². The van der Waals surface area contributed by atoms with E-state index in [1.54, 1.807) is 36.7 Å². The molecule has 13 heteroatoms. The number of nitrogens with two attached hydrogens (primary N) is 1. The fourth-order valence-electron chi connectivity index (χ4n) is 3.15. The number of hydrogen-bond donors (Lipinski definition) is 3. The number of aromatic nitrogens is 6. The number of nitrogens with zero attached hydrogens (tertiary/aromatic N) is 5. The van der Waals surface area contributed by atoms with Gasteiger partial charge in [-0.15, -0.1) is 0 Å². The van der Waals surface area contributed by atoms with E-state index in [0.29, 0.717) is 39.1 Å². The second kappa shape index (κ2) is 14.0.